The fraction of sp³-hybridized carbons (Fsp3) is 0.310. The summed E-state index contributed by atoms with van der Waals surface area (Å²) in [5, 5.41) is 9.83. The summed E-state index contributed by atoms with van der Waals surface area (Å²) < 4.78 is 0. The molecule has 0 atom stereocenters. The number of allylic oxidation sites excluding steroid dienone is 8. The van der Waals surface area contributed by atoms with Crippen molar-refractivity contribution < 1.29 is 0 Å². The third kappa shape index (κ3) is 2.91. The molecule has 2 heteroatoms. The second-order valence-electron chi connectivity index (χ2n) is 10.1. The Morgan fingerprint density at radius 2 is 0.806 bits per heavy atom. The fourth-order valence-electron chi connectivity index (χ4n) is 6.26. The van der Waals surface area contributed by atoms with E-state index in [9.17, 15) is 0 Å². The predicted octanol–water partition coefficient (Wildman–Crippen LogP) is 5.66. The molecule has 0 amide bonds. The van der Waals surface area contributed by atoms with Gasteiger partial charge in [0, 0.05) is 0 Å². The second-order valence-corrected chi connectivity index (χ2v) is 16.6. The zero-order chi connectivity index (χ0) is 22.2. The molecule has 158 valence electrons. The van der Waals surface area contributed by atoms with Crippen molar-refractivity contribution >= 4 is 28.0 Å². The Hall–Kier alpha value is -2.17. The summed E-state index contributed by atoms with van der Waals surface area (Å²) >= 11 is 0. The van der Waals surface area contributed by atoms with Crippen LogP contribution < -0.4 is 10.4 Å². The first-order valence-corrected chi connectivity index (χ1v) is 15.1. The van der Waals surface area contributed by atoms with E-state index in [-0.39, 0.29) is 0 Å². The lowest BCUT2D eigenvalue weighted by atomic mass is 10.1. The van der Waals surface area contributed by atoms with Crippen LogP contribution in [0.1, 0.15) is 66.5 Å². The molecule has 3 aliphatic rings. The van der Waals surface area contributed by atoms with Crippen molar-refractivity contribution in [3.8, 4) is 11.1 Å². The van der Waals surface area contributed by atoms with Gasteiger partial charge in [0.1, 0.15) is 17.6 Å². The van der Waals surface area contributed by atoms with Gasteiger partial charge >= 0.3 is 0 Å². The van der Waals surface area contributed by atoms with Crippen LogP contribution in [-0.2, 0) is 6.42 Å². The Balaban J connectivity index is 1.60. The van der Waals surface area contributed by atoms with Crippen molar-refractivity contribution in [2.24, 2.45) is 0 Å². The van der Waals surface area contributed by atoms with Crippen LogP contribution in [-0.4, -0.2) is 17.6 Å². The molecule has 0 spiro atoms. The van der Waals surface area contributed by atoms with E-state index < -0.39 is 17.6 Å². The van der Waals surface area contributed by atoms with Crippen molar-refractivity contribution in [3.05, 3.63) is 90.6 Å². The summed E-state index contributed by atoms with van der Waals surface area (Å²) in [6.45, 7) is 18.8. The highest BCUT2D eigenvalue weighted by molar-refractivity contribution is 6.87. The highest BCUT2D eigenvalue weighted by Crippen LogP contribution is 2.38. The van der Waals surface area contributed by atoms with Crippen LogP contribution >= 0.6 is 0 Å². The molecule has 0 fully saturated rings. The van der Waals surface area contributed by atoms with Gasteiger partial charge in [-0.1, -0.05) is 89.8 Å². The maximum Gasteiger partial charge on any atom is 0.124 e. The van der Waals surface area contributed by atoms with E-state index in [0.717, 1.165) is 6.42 Å². The number of fused-ring (bicyclic) bond motifs is 3. The molecule has 0 bridgehead atoms. The monoisotopic (exact) mass is 438 g/mol. The lowest BCUT2D eigenvalue weighted by Crippen LogP contribution is -2.32. The van der Waals surface area contributed by atoms with Crippen LogP contribution in [0.5, 0.6) is 0 Å². The Morgan fingerprint density at radius 1 is 0.484 bits per heavy atom. The largest absolute Gasteiger partial charge is 0.124 e. The third-order valence-corrected chi connectivity index (χ3v) is 16.1. The second kappa shape index (κ2) is 7.18. The molecular weight excluding hydrogens is 404 g/mol. The zero-order valence-corrected chi connectivity index (χ0v) is 22.6. The number of hydrogen-bond donors (Lipinski definition) is 0. The molecular formula is C29H34Si2. The Labute approximate surface area is 191 Å². The SMILES string of the molecule is CC1=C(C)[SiH](c2ccc3c(c2)-c2cc([SiH]4C(C)=C(C)C(C)=C4C)ccc2C3)C(C)=C1C. The standard InChI is InChI=1S/C29H34Si2/c1-16-17(2)21(6)30(20(16)5)26-11-9-24-13-25-10-12-27(15-29(25)28(24)14-26)31-22(7)18(3)19(4)23(31)8/h9-12,14-15,30-31H,13H2,1-8H3. The third-order valence-electron chi connectivity index (χ3n) is 8.83. The molecule has 0 saturated carbocycles. The Kier molecular flexibility index (Phi) is 4.80. The molecule has 0 nitrogen and oxygen atoms in total. The molecule has 0 N–H and O–H groups in total. The quantitative estimate of drug-likeness (QED) is 0.453. The van der Waals surface area contributed by atoms with E-state index in [0.29, 0.717) is 0 Å². The van der Waals surface area contributed by atoms with E-state index in [4.69, 9.17) is 0 Å². The number of rotatable bonds is 2. The summed E-state index contributed by atoms with van der Waals surface area (Å²) in [5.41, 5.74) is 12.2. The molecule has 0 radical (unpaired) electrons. The van der Waals surface area contributed by atoms with Gasteiger partial charge < -0.3 is 0 Å². The van der Waals surface area contributed by atoms with Crippen LogP contribution in [0.25, 0.3) is 11.1 Å². The van der Waals surface area contributed by atoms with Crippen molar-refractivity contribution in [1.29, 1.82) is 0 Å². The normalized spacial score (nSPS) is 19.4. The van der Waals surface area contributed by atoms with Gasteiger partial charge in [-0.3, -0.25) is 0 Å². The average Bonchev–Trinajstić information content (AvgIpc) is 3.29. The van der Waals surface area contributed by atoms with Crippen LogP contribution in [0, 0.1) is 0 Å². The Morgan fingerprint density at radius 3 is 1.13 bits per heavy atom. The predicted molar refractivity (Wildman–Crippen MR) is 142 cm³/mol. The molecule has 2 heterocycles. The van der Waals surface area contributed by atoms with Gasteiger partial charge in [0.15, 0.2) is 0 Å². The Bertz CT molecular complexity index is 1130. The van der Waals surface area contributed by atoms with Gasteiger partial charge in [0.2, 0.25) is 0 Å². The summed E-state index contributed by atoms with van der Waals surface area (Å²) in [6, 6.07) is 14.9. The summed E-state index contributed by atoms with van der Waals surface area (Å²) in [5.74, 6) is 0. The van der Waals surface area contributed by atoms with Crippen molar-refractivity contribution in [2.45, 2.75) is 61.8 Å². The molecule has 1 aliphatic carbocycles. The lowest BCUT2D eigenvalue weighted by molar-refractivity contribution is 1.27. The maximum atomic E-state index is 2.57. The van der Waals surface area contributed by atoms with Crippen molar-refractivity contribution in [3.63, 3.8) is 0 Å². The highest BCUT2D eigenvalue weighted by atomic mass is 28.3. The van der Waals surface area contributed by atoms with Gasteiger partial charge in [-0.15, -0.1) is 0 Å². The van der Waals surface area contributed by atoms with Crippen molar-refractivity contribution in [2.75, 3.05) is 0 Å². The molecule has 0 aromatic heterocycles. The van der Waals surface area contributed by atoms with Crippen LogP contribution in [0.15, 0.2) is 79.5 Å². The molecule has 2 aromatic rings. The van der Waals surface area contributed by atoms with E-state index in [1.165, 1.54) is 22.3 Å². The average molecular weight is 439 g/mol. The fourth-order valence-corrected chi connectivity index (χ4v) is 13.4. The van der Waals surface area contributed by atoms with Gasteiger partial charge in [-0.05, 0) is 84.1 Å². The molecule has 2 aliphatic heterocycles. The van der Waals surface area contributed by atoms with Gasteiger partial charge in [-0.25, -0.2) is 0 Å². The van der Waals surface area contributed by atoms with Gasteiger partial charge in [-0.2, -0.15) is 0 Å². The molecule has 5 rings (SSSR count). The summed E-state index contributed by atoms with van der Waals surface area (Å²) in [7, 11) is -2.42. The minimum absolute atomic E-state index is 1.09. The molecule has 31 heavy (non-hydrogen) atoms. The van der Waals surface area contributed by atoms with E-state index in [1.54, 1.807) is 53.5 Å². The van der Waals surface area contributed by atoms with Gasteiger partial charge in [0.05, 0.1) is 0 Å². The van der Waals surface area contributed by atoms with Crippen molar-refractivity contribution in [1.82, 2.24) is 0 Å². The minimum atomic E-state index is -1.21. The molecule has 2 aromatic carbocycles. The minimum Gasteiger partial charge on any atom is -0.0746 e. The van der Waals surface area contributed by atoms with E-state index >= 15 is 0 Å². The lowest BCUT2D eigenvalue weighted by Gasteiger charge is -2.17. The number of benzene rings is 2. The highest BCUT2D eigenvalue weighted by Gasteiger charge is 2.31. The smallest absolute Gasteiger partial charge is 0.0746 e. The van der Waals surface area contributed by atoms with Gasteiger partial charge in [0.25, 0.3) is 0 Å². The van der Waals surface area contributed by atoms with E-state index in [2.05, 4.69) is 91.8 Å². The molecule has 0 saturated heterocycles. The first kappa shape index (κ1) is 20.7. The molecule has 0 unspecified atom stereocenters. The summed E-state index contributed by atoms with van der Waals surface area (Å²) in [4.78, 5) is 0. The van der Waals surface area contributed by atoms with Crippen LogP contribution in [0.2, 0.25) is 0 Å². The maximum absolute atomic E-state index is 2.57. The topological polar surface area (TPSA) is 0 Å². The van der Waals surface area contributed by atoms with Crippen LogP contribution in [0.4, 0.5) is 0 Å². The first-order valence-electron chi connectivity index (χ1n) is 11.7. The summed E-state index contributed by atoms with van der Waals surface area (Å²) in [6.07, 6.45) is 1.09. The number of hydrogen-bond acceptors (Lipinski definition) is 0. The van der Waals surface area contributed by atoms with E-state index in [1.807, 2.05) is 0 Å². The first-order chi connectivity index (χ1) is 14.7. The van der Waals surface area contributed by atoms with Crippen LogP contribution in [0.3, 0.4) is 0 Å². The zero-order valence-electron chi connectivity index (χ0n) is 20.3.